The monoisotopic (exact) mass is 361 g/mol. The first-order valence-corrected chi connectivity index (χ1v) is 9.96. The average molecular weight is 361 g/mol. The highest BCUT2D eigenvalue weighted by Crippen LogP contribution is 2.36. The molecule has 0 bridgehead atoms. The minimum Gasteiger partial charge on any atom is -0.367 e. The number of nitrogens with zero attached hydrogens (tertiary/aromatic N) is 3. The Kier molecular flexibility index (Phi) is 4.19. The lowest BCUT2D eigenvalue weighted by Crippen LogP contribution is -2.47. The van der Waals surface area contributed by atoms with Gasteiger partial charge in [-0.25, -0.2) is 4.39 Å². The minimum atomic E-state index is -0.127. The molecule has 0 N–H and O–H groups in total. The Morgan fingerprint density at radius 3 is 2.33 bits per heavy atom. The summed E-state index contributed by atoms with van der Waals surface area (Å²) in [6.45, 7) is 3.50. The van der Waals surface area contributed by atoms with E-state index < -0.39 is 0 Å². The second-order valence-corrected chi connectivity index (χ2v) is 7.54. The highest BCUT2D eigenvalue weighted by molar-refractivity contribution is 5.94. The molecule has 0 amide bonds. The normalized spacial score (nSPS) is 17.2. The first-order chi connectivity index (χ1) is 13.3. The van der Waals surface area contributed by atoms with Gasteiger partial charge in [0.1, 0.15) is 5.82 Å². The van der Waals surface area contributed by atoms with Gasteiger partial charge in [-0.3, -0.25) is 4.98 Å². The fraction of sp³-hybridized carbons (Fsp3) is 0.348. The third kappa shape index (κ3) is 2.93. The number of piperazine rings is 1. The van der Waals surface area contributed by atoms with Gasteiger partial charge >= 0.3 is 0 Å². The van der Waals surface area contributed by atoms with Crippen LogP contribution in [0, 0.1) is 5.82 Å². The van der Waals surface area contributed by atoms with Gasteiger partial charge in [0.25, 0.3) is 0 Å². The summed E-state index contributed by atoms with van der Waals surface area (Å²) in [5, 5.41) is 1.26. The van der Waals surface area contributed by atoms with Crippen LogP contribution in [0.2, 0.25) is 0 Å². The fourth-order valence-corrected chi connectivity index (χ4v) is 4.59. The molecule has 0 unspecified atom stereocenters. The van der Waals surface area contributed by atoms with Gasteiger partial charge in [0, 0.05) is 37.3 Å². The summed E-state index contributed by atoms with van der Waals surface area (Å²) in [5.41, 5.74) is 5.93. The number of hydrogen-bond acceptors (Lipinski definition) is 3. The molecule has 1 aliphatic heterocycles. The first-order valence-electron chi connectivity index (χ1n) is 9.96. The van der Waals surface area contributed by atoms with Crippen LogP contribution in [0.25, 0.3) is 10.9 Å². The van der Waals surface area contributed by atoms with Crippen LogP contribution in [-0.4, -0.2) is 31.2 Å². The number of anilines is 2. The molecule has 2 aromatic carbocycles. The van der Waals surface area contributed by atoms with Gasteiger partial charge in [-0.2, -0.15) is 0 Å². The summed E-state index contributed by atoms with van der Waals surface area (Å²) in [7, 11) is 0. The van der Waals surface area contributed by atoms with E-state index in [9.17, 15) is 4.39 Å². The highest BCUT2D eigenvalue weighted by Gasteiger charge is 2.25. The third-order valence-electron chi connectivity index (χ3n) is 5.93. The van der Waals surface area contributed by atoms with Crippen LogP contribution in [0.4, 0.5) is 15.8 Å². The largest absolute Gasteiger partial charge is 0.367 e. The maximum atomic E-state index is 14.2. The summed E-state index contributed by atoms with van der Waals surface area (Å²) in [5.74, 6) is -0.127. The molecule has 1 aliphatic carbocycles. The number of aryl methyl sites for hydroxylation is 1. The number of hydrogen-bond donors (Lipinski definition) is 0. The van der Waals surface area contributed by atoms with Crippen molar-refractivity contribution >= 4 is 22.3 Å². The lowest BCUT2D eigenvalue weighted by molar-refractivity contribution is 0.595. The van der Waals surface area contributed by atoms with E-state index in [1.54, 1.807) is 12.1 Å². The van der Waals surface area contributed by atoms with Gasteiger partial charge in [0.2, 0.25) is 0 Å². The van der Waals surface area contributed by atoms with E-state index in [0.717, 1.165) is 50.2 Å². The number of fused-ring (bicyclic) bond motifs is 2. The van der Waals surface area contributed by atoms with Crippen molar-refractivity contribution in [3.05, 3.63) is 65.6 Å². The van der Waals surface area contributed by atoms with Crippen molar-refractivity contribution in [1.82, 2.24) is 4.98 Å². The van der Waals surface area contributed by atoms with Crippen molar-refractivity contribution < 1.29 is 4.39 Å². The molecular formula is C23H24FN3. The molecule has 3 nitrogen and oxygen atoms in total. The molecule has 2 aliphatic rings. The lowest BCUT2D eigenvalue weighted by atomic mass is 9.92. The van der Waals surface area contributed by atoms with E-state index >= 15 is 0 Å². The van der Waals surface area contributed by atoms with Crippen molar-refractivity contribution in [3.63, 3.8) is 0 Å². The molecular weight excluding hydrogens is 337 g/mol. The van der Waals surface area contributed by atoms with Crippen LogP contribution < -0.4 is 9.80 Å². The topological polar surface area (TPSA) is 19.4 Å². The van der Waals surface area contributed by atoms with Gasteiger partial charge in [-0.1, -0.05) is 30.3 Å². The molecule has 0 spiro atoms. The zero-order valence-corrected chi connectivity index (χ0v) is 15.5. The van der Waals surface area contributed by atoms with Gasteiger partial charge in [0.05, 0.1) is 16.9 Å². The van der Waals surface area contributed by atoms with Crippen LogP contribution >= 0.6 is 0 Å². The number of halogens is 1. The van der Waals surface area contributed by atoms with Crippen LogP contribution in [0.1, 0.15) is 24.1 Å². The Morgan fingerprint density at radius 2 is 1.48 bits per heavy atom. The molecule has 0 saturated carbocycles. The van der Waals surface area contributed by atoms with Gasteiger partial charge in [0.15, 0.2) is 0 Å². The minimum absolute atomic E-state index is 0.127. The summed E-state index contributed by atoms with van der Waals surface area (Å²) < 4.78 is 14.2. The molecule has 4 heteroatoms. The van der Waals surface area contributed by atoms with E-state index in [1.165, 1.54) is 35.2 Å². The number of rotatable bonds is 2. The predicted molar refractivity (Wildman–Crippen MR) is 109 cm³/mol. The van der Waals surface area contributed by atoms with Crippen LogP contribution in [0.5, 0.6) is 0 Å². The van der Waals surface area contributed by atoms with Gasteiger partial charge < -0.3 is 9.80 Å². The Morgan fingerprint density at radius 1 is 0.778 bits per heavy atom. The van der Waals surface area contributed by atoms with Crippen LogP contribution in [0.15, 0.2) is 48.5 Å². The van der Waals surface area contributed by atoms with E-state index in [4.69, 9.17) is 4.98 Å². The van der Waals surface area contributed by atoms with Crippen molar-refractivity contribution in [2.24, 2.45) is 0 Å². The van der Waals surface area contributed by atoms with Gasteiger partial charge in [-0.05, 0) is 49.4 Å². The number of aromatic nitrogens is 1. The zero-order valence-electron chi connectivity index (χ0n) is 15.5. The quantitative estimate of drug-likeness (QED) is 0.666. The molecule has 3 aromatic rings. The summed E-state index contributed by atoms with van der Waals surface area (Å²) in [6.07, 6.45) is 4.69. The molecule has 1 fully saturated rings. The second kappa shape index (κ2) is 6.84. The average Bonchev–Trinajstić information content (AvgIpc) is 2.72. The molecule has 1 saturated heterocycles. The Labute approximate surface area is 159 Å². The Hall–Kier alpha value is -2.62. The third-order valence-corrected chi connectivity index (χ3v) is 5.93. The molecule has 138 valence electrons. The SMILES string of the molecule is Fc1ccccc1N1CCN(c2c3c(nc4ccccc24)CCCC3)CC1. The number of para-hydroxylation sites is 2. The summed E-state index contributed by atoms with van der Waals surface area (Å²) in [4.78, 5) is 9.63. The lowest BCUT2D eigenvalue weighted by Gasteiger charge is -2.39. The molecule has 2 heterocycles. The van der Waals surface area contributed by atoms with Crippen LogP contribution in [-0.2, 0) is 12.8 Å². The van der Waals surface area contributed by atoms with Crippen molar-refractivity contribution in [1.29, 1.82) is 0 Å². The molecule has 5 rings (SSSR count). The Bertz CT molecular complexity index is 977. The van der Waals surface area contributed by atoms with E-state index in [1.807, 2.05) is 12.1 Å². The van der Waals surface area contributed by atoms with E-state index in [2.05, 4.69) is 34.1 Å². The van der Waals surface area contributed by atoms with Crippen molar-refractivity contribution in [3.8, 4) is 0 Å². The summed E-state index contributed by atoms with van der Waals surface area (Å²) >= 11 is 0. The smallest absolute Gasteiger partial charge is 0.146 e. The maximum absolute atomic E-state index is 14.2. The maximum Gasteiger partial charge on any atom is 0.146 e. The molecule has 1 aromatic heterocycles. The molecule has 0 radical (unpaired) electrons. The molecule has 0 atom stereocenters. The van der Waals surface area contributed by atoms with Crippen LogP contribution in [0.3, 0.4) is 0 Å². The highest BCUT2D eigenvalue weighted by atomic mass is 19.1. The van der Waals surface area contributed by atoms with E-state index in [-0.39, 0.29) is 5.82 Å². The zero-order chi connectivity index (χ0) is 18.2. The standard InChI is InChI=1S/C23H24FN3/c24-19-9-3-6-12-22(19)26-13-15-27(16-14-26)23-17-7-1-4-10-20(17)25-21-11-5-2-8-18(21)23/h1,3-4,6-7,9-10,12H,2,5,8,11,13-16H2. The fourth-order valence-electron chi connectivity index (χ4n) is 4.59. The number of pyridine rings is 1. The Balaban J connectivity index is 1.49. The van der Waals surface area contributed by atoms with Crippen molar-refractivity contribution in [2.45, 2.75) is 25.7 Å². The first kappa shape index (κ1) is 16.5. The van der Waals surface area contributed by atoms with Gasteiger partial charge in [-0.15, -0.1) is 0 Å². The predicted octanol–water partition coefficient (Wildman–Crippen LogP) is 4.58. The molecule has 27 heavy (non-hydrogen) atoms. The number of benzene rings is 2. The summed E-state index contributed by atoms with van der Waals surface area (Å²) in [6, 6.07) is 15.6. The van der Waals surface area contributed by atoms with Crippen molar-refractivity contribution in [2.75, 3.05) is 36.0 Å². The second-order valence-electron chi connectivity index (χ2n) is 7.54. The van der Waals surface area contributed by atoms with E-state index in [0.29, 0.717) is 0 Å².